The molecule has 5 aliphatic carbocycles. The van der Waals surface area contributed by atoms with Crippen molar-refractivity contribution in [1.29, 1.82) is 0 Å². The predicted octanol–water partition coefficient (Wildman–Crippen LogP) is 8.60. The Morgan fingerprint density at radius 1 is 0.957 bits per heavy atom. The SMILES string of the molecule is CC(C)C1=C2[C@H]3CC[C@@H]4[C@@]5(C)CC=C(OS(=O)(=O)C(F)(F)F)C(C)(C)[C@@H]5CC[C@@]4(C)[C@]3(C)CC[C@@]2(NC(=O)OC(C)(C)C)CC1=O. The van der Waals surface area contributed by atoms with Crippen molar-refractivity contribution >= 4 is 22.0 Å². The van der Waals surface area contributed by atoms with Gasteiger partial charge in [-0.05, 0) is 123 Å². The van der Waals surface area contributed by atoms with Crippen LogP contribution in [0.4, 0.5) is 18.0 Å². The normalized spacial score (nSPS) is 39.1. The first-order valence-electron chi connectivity index (χ1n) is 16.8. The Morgan fingerprint density at radius 3 is 2.15 bits per heavy atom. The molecule has 0 aromatic heterocycles. The Kier molecular flexibility index (Phi) is 8.03. The van der Waals surface area contributed by atoms with Gasteiger partial charge in [0.05, 0.1) is 5.54 Å². The number of rotatable bonds is 4. The summed E-state index contributed by atoms with van der Waals surface area (Å²) in [5, 5.41) is 3.21. The molecule has 0 spiro atoms. The van der Waals surface area contributed by atoms with Gasteiger partial charge in [0, 0.05) is 11.8 Å². The van der Waals surface area contributed by atoms with Gasteiger partial charge in [0.15, 0.2) is 5.78 Å². The molecule has 0 aromatic carbocycles. The fourth-order valence-corrected chi connectivity index (χ4v) is 11.8. The van der Waals surface area contributed by atoms with Crippen molar-refractivity contribution in [3.63, 3.8) is 0 Å². The van der Waals surface area contributed by atoms with E-state index in [0.717, 1.165) is 36.8 Å². The summed E-state index contributed by atoms with van der Waals surface area (Å²) in [6.45, 7) is 20.1. The van der Waals surface area contributed by atoms with Gasteiger partial charge in [-0.25, -0.2) is 4.79 Å². The highest BCUT2D eigenvalue weighted by Crippen LogP contribution is 2.75. The fraction of sp³-hybridized carbons (Fsp3) is 0.829. The molecule has 0 aliphatic heterocycles. The number of alkyl carbamates (subject to hydrolysis) is 1. The van der Waals surface area contributed by atoms with Gasteiger partial charge in [0.25, 0.3) is 0 Å². The number of ketones is 1. The Morgan fingerprint density at radius 2 is 1.59 bits per heavy atom. The first kappa shape index (κ1) is 35.3. The standard InChI is InChI=1S/C35H52F3NO6S/c1-20(2)26-22(40)19-34(39-28(41)44-29(3,4)5)18-17-32(9)21(27(26)34)11-12-24-31(8)15-14-25(45-46(42,43)35(36,37)38)30(6,7)23(31)13-16-33(24,32)10/h14,20-21,23-24H,11-13,15-19H2,1-10H3,(H,39,41)/t21-,23+,24-,31+,32-,33-,34-/m1/s1. The lowest BCUT2D eigenvalue weighted by atomic mass is 9.34. The zero-order valence-electron chi connectivity index (χ0n) is 29.0. The molecule has 1 N–H and O–H groups in total. The molecule has 5 rings (SSSR count). The van der Waals surface area contributed by atoms with Crippen molar-refractivity contribution in [2.75, 3.05) is 0 Å². The molecule has 7 atom stereocenters. The number of amides is 1. The Bertz CT molecular complexity index is 1490. The molecule has 11 heteroatoms. The zero-order chi connectivity index (χ0) is 34.7. The summed E-state index contributed by atoms with van der Waals surface area (Å²) >= 11 is 0. The van der Waals surface area contributed by atoms with Gasteiger partial charge >= 0.3 is 21.7 Å². The number of Topliss-reactive ketones (excluding diaryl/α,β-unsaturated/α-hetero) is 1. The smallest absolute Gasteiger partial charge is 0.444 e. The monoisotopic (exact) mass is 671 g/mol. The molecule has 0 heterocycles. The fourth-order valence-electron chi connectivity index (χ4n) is 11.1. The van der Waals surface area contributed by atoms with E-state index in [9.17, 15) is 31.2 Å². The number of ether oxygens (including phenoxy) is 1. The van der Waals surface area contributed by atoms with E-state index < -0.39 is 38.3 Å². The van der Waals surface area contributed by atoms with Gasteiger partial charge in [-0.2, -0.15) is 21.6 Å². The van der Waals surface area contributed by atoms with Gasteiger partial charge < -0.3 is 14.2 Å². The summed E-state index contributed by atoms with van der Waals surface area (Å²) in [5.41, 5.74) is -6.63. The number of carbonyl (C=O) groups is 2. The number of allylic oxidation sites excluding steroid dienone is 3. The van der Waals surface area contributed by atoms with Crippen LogP contribution in [0.3, 0.4) is 0 Å². The van der Waals surface area contributed by atoms with E-state index in [-0.39, 0.29) is 57.9 Å². The van der Waals surface area contributed by atoms with Crippen LogP contribution >= 0.6 is 0 Å². The van der Waals surface area contributed by atoms with E-state index in [1.807, 2.05) is 48.5 Å². The Balaban J connectivity index is 1.53. The molecular formula is C35H52F3NO6S. The van der Waals surface area contributed by atoms with Gasteiger partial charge in [0.2, 0.25) is 0 Å². The van der Waals surface area contributed by atoms with Crippen molar-refractivity contribution in [2.24, 2.45) is 45.3 Å². The highest BCUT2D eigenvalue weighted by molar-refractivity contribution is 7.87. The average molecular weight is 672 g/mol. The van der Waals surface area contributed by atoms with Crippen LogP contribution in [0.5, 0.6) is 0 Å². The highest BCUT2D eigenvalue weighted by atomic mass is 32.2. The van der Waals surface area contributed by atoms with E-state index in [1.54, 1.807) is 6.08 Å². The molecular weight excluding hydrogens is 619 g/mol. The molecule has 5 aliphatic rings. The molecule has 0 bridgehead atoms. The minimum atomic E-state index is -5.78. The Labute approximate surface area is 272 Å². The lowest BCUT2D eigenvalue weighted by Gasteiger charge is -2.71. The Hall–Kier alpha value is -2.04. The van der Waals surface area contributed by atoms with E-state index in [1.165, 1.54) is 0 Å². The summed E-state index contributed by atoms with van der Waals surface area (Å²) in [7, 11) is -5.78. The zero-order valence-corrected chi connectivity index (χ0v) is 29.9. The van der Waals surface area contributed by atoms with Crippen molar-refractivity contribution < 1.29 is 40.1 Å². The molecule has 0 aromatic rings. The van der Waals surface area contributed by atoms with Crippen LogP contribution in [-0.4, -0.2) is 36.9 Å². The molecule has 0 radical (unpaired) electrons. The van der Waals surface area contributed by atoms with Crippen LogP contribution in [0.15, 0.2) is 23.0 Å². The molecule has 0 unspecified atom stereocenters. The number of hydrogen-bond donors (Lipinski definition) is 1. The summed E-state index contributed by atoms with van der Waals surface area (Å²) in [6, 6.07) is 0. The number of halogens is 3. The number of alkyl halides is 3. The third-order valence-corrected chi connectivity index (χ3v) is 14.1. The number of hydrogen-bond acceptors (Lipinski definition) is 6. The van der Waals surface area contributed by atoms with Crippen LogP contribution in [-0.2, 0) is 23.8 Å². The van der Waals surface area contributed by atoms with Gasteiger partial charge in [-0.3, -0.25) is 4.79 Å². The summed E-state index contributed by atoms with van der Waals surface area (Å²) in [4.78, 5) is 26.9. The van der Waals surface area contributed by atoms with Crippen molar-refractivity contribution in [3.8, 4) is 0 Å². The molecule has 1 amide bonds. The molecule has 46 heavy (non-hydrogen) atoms. The second-order valence-electron chi connectivity index (χ2n) is 17.4. The average Bonchev–Trinajstić information content (AvgIpc) is 3.16. The summed E-state index contributed by atoms with van der Waals surface area (Å²) in [5.74, 6) is 0.168. The lowest BCUT2D eigenvalue weighted by Crippen LogP contribution is -2.66. The third kappa shape index (κ3) is 5.06. The maximum Gasteiger partial charge on any atom is 0.534 e. The van der Waals surface area contributed by atoms with Crippen molar-refractivity contribution in [2.45, 2.75) is 137 Å². The van der Waals surface area contributed by atoms with Crippen molar-refractivity contribution in [3.05, 3.63) is 23.0 Å². The van der Waals surface area contributed by atoms with Gasteiger partial charge in [-0.1, -0.05) is 48.5 Å². The van der Waals surface area contributed by atoms with Crippen molar-refractivity contribution in [1.82, 2.24) is 5.32 Å². The maximum absolute atomic E-state index is 13.7. The lowest BCUT2D eigenvalue weighted by molar-refractivity contribution is -0.199. The van der Waals surface area contributed by atoms with Gasteiger partial charge in [-0.15, -0.1) is 0 Å². The molecule has 260 valence electrons. The first-order valence-corrected chi connectivity index (χ1v) is 18.2. The molecule has 0 saturated heterocycles. The quantitative estimate of drug-likeness (QED) is 0.237. The highest BCUT2D eigenvalue weighted by Gasteiger charge is 2.70. The van der Waals surface area contributed by atoms with E-state index >= 15 is 0 Å². The molecule has 3 saturated carbocycles. The number of carbonyl (C=O) groups excluding carboxylic acids is 2. The van der Waals surface area contributed by atoms with Crippen LogP contribution in [0, 0.1) is 45.3 Å². The summed E-state index contributed by atoms with van der Waals surface area (Å²) in [6.07, 6.45) is 6.38. The van der Waals surface area contributed by atoms with E-state index in [0.29, 0.717) is 19.3 Å². The van der Waals surface area contributed by atoms with Gasteiger partial charge in [0.1, 0.15) is 11.4 Å². The molecule has 7 nitrogen and oxygen atoms in total. The summed E-state index contributed by atoms with van der Waals surface area (Å²) < 4.78 is 74.4. The largest absolute Gasteiger partial charge is 0.534 e. The van der Waals surface area contributed by atoms with E-state index in [4.69, 9.17) is 8.92 Å². The number of nitrogens with one attached hydrogen (secondary N) is 1. The molecule has 3 fully saturated rings. The minimum Gasteiger partial charge on any atom is -0.444 e. The predicted molar refractivity (Wildman–Crippen MR) is 169 cm³/mol. The second-order valence-corrected chi connectivity index (χ2v) is 18.9. The maximum atomic E-state index is 13.7. The third-order valence-electron chi connectivity index (χ3n) is 13.2. The minimum absolute atomic E-state index is 0.00150. The number of fused-ring (bicyclic) bond motifs is 7. The van der Waals surface area contributed by atoms with Crippen LogP contribution in [0.1, 0.15) is 121 Å². The van der Waals surface area contributed by atoms with E-state index in [2.05, 4.69) is 26.1 Å². The van der Waals surface area contributed by atoms with Crippen LogP contribution in [0.25, 0.3) is 0 Å². The van der Waals surface area contributed by atoms with Crippen LogP contribution in [0.2, 0.25) is 0 Å². The first-order chi connectivity index (χ1) is 20.8. The second kappa shape index (κ2) is 10.5. The topological polar surface area (TPSA) is 98.8 Å². The van der Waals surface area contributed by atoms with Crippen LogP contribution < -0.4 is 5.32 Å².